The van der Waals surface area contributed by atoms with Crippen LogP contribution in [-0.4, -0.2) is 27.4 Å². The van der Waals surface area contributed by atoms with Gasteiger partial charge in [0.15, 0.2) is 16.1 Å². The third kappa shape index (κ3) is 8.25. The van der Waals surface area contributed by atoms with Gasteiger partial charge in [-0.05, 0) is 138 Å². The molecule has 5 heteroatoms. The molecular weight excluding hydrogens is 1030 g/mol. The molecule has 0 saturated carbocycles. The fourth-order valence-corrected chi connectivity index (χ4v) is 24.5. The summed E-state index contributed by atoms with van der Waals surface area (Å²) in [6.45, 7) is 21.0. The zero-order chi connectivity index (χ0) is 57.0. The summed E-state index contributed by atoms with van der Waals surface area (Å²) in [6.07, 6.45) is 0. The highest BCUT2D eigenvalue weighted by molar-refractivity contribution is 7.23. The van der Waals surface area contributed by atoms with Crippen molar-refractivity contribution in [1.29, 1.82) is 0 Å². The molecule has 2 nitrogen and oxygen atoms in total. The molecule has 12 aromatic rings. The van der Waals surface area contributed by atoms with Crippen LogP contribution in [0.5, 0.6) is 11.5 Å². The first-order chi connectivity index (χ1) is 40.1. The van der Waals surface area contributed by atoms with Crippen LogP contribution in [0.4, 0.5) is 0 Å². The zero-order valence-corrected chi connectivity index (χ0v) is 51.3. The SMILES string of the molecule is CC(C)(C)c1ccc2c(c1)B1c3c(cc(-c4c([Si](c5ccccc5)(c5ccccc5)c5ccccc5)cccc4[Si](c4ccccc4)(c4ccccc4)c4ccccc4)cc3-n3c4ccc(C(C)(C)C)cc4c4cc(C(C)(C)C)cc1c43)O2. The highest BCUT2D eigenvalue weighted by atomic mass is 28.3. The molecule has 0 radical (unpaired) electrons. The lowest BCUT2D eigenvalue weighted by Crippen LogP contribution is -2.78. The number of rotatable bonds is 9. The Morgan fingerprint density at radius 1 is 0.349 bits per heavy atom. The Hall–Kier alpha value is -8.48. The second-order valence-corrected chi connectivity index (χ2v) is 33.9. The Morgan fingerprint density at radius 3 is 1.18 bits per heavy atom. The van der Waals surface area contributed by atoms with E-state index in [0.29, 0.717) is 0 Å². The summed E-state index contributed by atoms with van der Waals surface area (Å²) in [4.78, 5) is 0. The van der Waals surface area contributed by atoms with E-state index in [0.717, 1.165) is 17.1 Å². The van der Waals surface area contributed by atoms with E-state index >= 15 is 0 Å². The number of hydrogen-bond donors (Lipinski definition) is 0. The van der Waals surface area contributed by atoms with E-state index in [2.05, 4.69) is 328 Å². The lowest BCUT2D eigenvalue weighted by Gasteiger charge is -2.41. The summed E-state index contributed by atoms with van der Waals surface area (Å²) in [5, 5.41) is 13.3. The summed E-state index contributed by atoms with van der Waals surface area (Å²) in [6, 6.07) is 101. The number of aromatic nitrogens is 1. The number of benzene rings is 11. The van der Waals surface area contributed by atoms with Crippen LogP contribution in [0.2, 0.25) is 0 Å². The van der Waals surface area contributed by atoms with Crippen LogP contribution in [0.3, 0.4) is 0 Å². The average molecular weight is 1100 g/mol. The predicted octanol–water partition coefficient (Wildman–Crippen LogP) is 12.0. The minimum Gasteiger partial charge on any atom is -0.458 e. The lowest BCUT2D eigenvalue weighted by atomic mass is 9.34. The molecule has 2 aliphatic rings. The molecule has 14 rings (SSSR count). The van der Waals surface area contributed by atoms with Crippen LogP contribution in [0, 0.1) is 0 Å². The van der Waals surface area contributed by atoms with E-state index < -0.39 is 16.1 Å². The molecule has 0 bridgehead atoms. The second-order valence-electron chi connectivity index (χ2n) is 26.4. The minimum atomic E-state index is -3.30. The third-order valence-corrected chi connectivity index (χ3v) is 28.0. The summed E-state index contributed by atoms with van der Waals surface area (Å²) >= 11 is 0. The third-order valence-electron chi connectivity index (χ3n) is 18.4. The van der Waals surface area contributed by atoms with E-state index in [-0.39, 0.29) is 23.0 Å². The van der Waals surface area contributed by atoms with E-state index in [1.807, 2.05) is 0 Å². The van der Waals surface area contributed by atoms with Gasteiger partial charge in [0, 0.05) is 22.0 Å². The van der Waals surface area contributed by atoms with Crippen LogP contribution in [0.15, 0.2) is 261 Å². The van der Waals surface area contributed by atoms with Gasteiger partial charge in [0.25, 0.3) is 6.71 Å². The Morgan fingerprint density at radius 2 is 0.747 bits per heavy atom. The molecule has 83 heavy (non-hydrogen) atoms. The maximum Gasteiger partial charge on any atom is 0.256 e. The molecule has 0 aliphatic carbocycles. The smallest absolute Gasteiger partial charge is 0.256 e. The van der Waals surface area contributed by atoms with Gasteiger partial charge < -0.3 is 9.30 Å². The fourth-order valence-electron chi connectivity index (χ4n) is 14.3. The summed E-state index contributed by atoms with van der Waals surface area (Å²) < 4.78 is 10.3. The van der Waals surface area contributed by atoms with Gasteiger partial charge >= 0.3 is 0 Å². The van der Waals surface area contributed by atoms with Crippen molar-refractivity contribution < 1.29 is 4.74 Å². The van der Waals surface area contributed by atoms with Crippen molar-refractivity contribution in [3.05, 3.63) is 278 Å². The van der Waals surface area contributed by atoms with Gasteiger partial charge in [-0.3, -0.25) is 0 Å². The van der Waals surface area contributed by atoms with Gasteiger partial charge in [-0.2, -0.15) is 0 Å². The van der Waals surface area contributed by atoms with Gasteiger partial charge in [0.1, 0.15) is 11.5 Å². The maximum absolute atomic E-state index is 7.68. The highest BCUT2D eigenvalue weighted by Crippen LogP contribution is 2.43. The Balaban J connectivity index is 1.21. The van der Waals surface area contributed by atoms with E-state index in [4.69, 9.17) is 4.74 Å². The molecule has 0 unspecified atom stereocenters. The quantitative estimate of drug-likeness (QED) is 0.104. The summed E-state index contributed by atoms with van der Waals surface area (Å²) in [5.41, 5.74) is 13.6. The van der Waals surface area contributed by atoms with Gasteiger partial charge in [0.2, 0.25) is 0 Å². The Kier molecular flexibility index (Phi) is 12.4. The van der Waals surface area contributed by atoms with Gasteiger partial charge in [-0.25, -0.2) is 0 Å². The van der Waals surface area contributed by atoms with Crippen molar-refractivity contribution in [2.45, 2.75) is 78.6 Å². The van der Waals surface area contributed by atoms with Crippen LogP contribution in [0.25, 0.3) is 38.6 Å². The maximum atomic E-state index is 7.68. The second kappa shape index (κ2) is 19.6. The number of ether oxygens (including phenoxy) is 1. The molecule has 0 atom stereocenters. The predicted molar refractivity (Wildman–Crippen MR) is 361 cm³/mol. The van der Waals surface area contributed by atoms with Crippen molar-refractivity contribution in [2.75, 3.05) is 0 Å². The molecule has 0 spiro atoms. The number of nitrogens with zero attached hydrogens (tertiary/aromatic N) is 1. The van der Waals surface area contributed by atoms with Crippen LogP contribution >= 0.6 is 0 Å². The van der Waals surface area contributed by atoms with Gasteiger partial charge in [-0.15, -0.1) is 0 Å². The monoisotopic (exact) mass is 1100 g/mol. The van der Waals surface area contributed by atoms with Crippen molar-refractivity contribution >= 4 is 103 Å². The normalized spacial score (nSPS) is 13.2. The molecule has 0 N–H and O–H groups in total. The first kappa shape index (κ1) is 52.6. The van der Waals surface area contributed by atoms with E-state index in [9.17, 15) is 0 Å². The largest absolute Gasteiger partial charge is 0.458 e. The molecule has 0 fully saturated rings. The first-order valence-corrected chi connectivity index (χ1v) is 33.7. The Labute approximate surface area is 493 Å². The zero-order valence-electron chi connectivity index (χ0n) is 49.3. The van der Waals surface area contributed by atoms with E-state index in [1.54, 1.807) is 0 Å². The van der Waals surface area contributed by atoms with Crippen LogP contribution in [-0.2, 0) is 16.2 Å². The first-order valence-electron chi connectivity index (χ1n) is 29.7. The molecule has 0 amide bonds. The number of hydrogen-bond acceptors (Lipinski definition) is 1. The molecule has 404 valence electrons. The molecule has 2 aliphatic heterocycles. The van der Waals surface area contributed by atoms with Crippen LogP contribution < -0.4 is 62.6 Å². The van der Waals surface area contributed by atoms with Crippen molar-refractivity contribution in [1.82, 2.24) is 4.57 Å². The van der Waals surface area contributed by atoms with Crippen molar-refractivity contribution in [3.63, 3.8) is 0 Å². The van der Waals surface area contributed by atoms with Crippen molar-refractivity contribution in [2.24, 2.45) is 0 Å². The number of fused-ring (bicyclic) bond motifs is 7. The average Bonchev–Trinajstić information content (AvgIpc) is 1.82. The van der Waals surface area contributed by atoms with E-state index in [1.165, 1.54) is 108 Å². The molecule has 11 aromatic carbocycles. The van der Waals surface area contributed by atoms with Crippen molar-refractivity contribution in [3.8, 4) is 28.3 Å². The van der Waals surface area contributed by atoms with Gasteiger partial charge in [0.05, 0.1) is 5.52 Å². The molecule has 3 heterocycles. The molecular formula is C78H70BNOSi2. The van der Waals surface area contributed by atoms with Gasteiger partial charge in [-0.1, -0.05) is 287 Å². The highest BCUT2D eigenvalue weighted by Gasteiger charge is 2.50. The summed E-state index contributed by atoms with van der Waals surface area (Å²) in [7, 11) is -6.59. The lowest BCUT2D eigenvalue weighted by molar-refractivity contribution is 0.486. The Bertz CT molecular complexity index is 4100. The van der Waals surface area contributed by atoms with Crippen LogP contribution in [0.1, 0.15) is 79.0 Å². The fraction of sp³-hybridized carbons (Fsp3) is 0.154. The minimum absolute atomic E-state index is 0.0491. The topological polar surface area (TPSA) is 14.2 Å². The molecule has 1 aromatic heterocycles. The summed E-state index contributed by atoms with van der Waals surface area (Å²) in [5.74, 6) is 1.83. The standard InChI is InChI=1S/C78H70BNOSi2/c1-76(2,3)54-43-45-67-63(49-54)64-50-56(78(7,8)9)52-66-75(64)80(67)68-47-53(48-70-74(68)79(66)65-51-55(77(4,5)6)44-46-69(65)81-70)73-71(82(57-29-16-10-17-30-57,58-31-18-11-19-32-58)59-33-20-12-21-34-59)41-28-42-72(73)83(60-35-22-13-23-36-60,61-37-24-14-25-38-61)62-39-26-15-27-40-62/h10-52H,1-9H3. The molecule has 0 saturated heterocycles.